The number of hydrogen-bond donors (Lipinski definition) is 3. The van der Waals surface area contributed by atoms with Crippen molar-refractivity contribution in [3.05, 3.63) is 42.0 Å². The van der Waals surface area contributed by atoms with Crippen molar-refractivity contribution >= 4 is 22.6 Å². The predicted molar refractivity (Wildman–Crippen MR) is 126 cm³/mol. The zero-order chi connectivity index (χ0) is 21.9. The Kier molecular flexibility index (Phi) is 6.23. The summed E-state index contributed by atoms with van der Waals surface area (Å²) in [5.41, 5.74) is 2.78. The number of rotatable bonds is 7. The van der Waals surface area contributed by atoms with Crippen LogP contribution in [0.25, 0.3) is 10.9 Å². The maximum atomic E-state index is 12.7. The van der Waals surface area contributed by atoms with Gasteiger partial charge in [0.15, 0.2) is 0 Å². The van der Waals surface area contributed by atoms with E-state index < -0.39 is 0 Å². The van der Waals surface area contributed by atoms with Crippen molar-refractivity contribution in [1.29, 1.82) is 0 Å². The number of fused-ring (bicyclic) bond motifs is 1. The number of carbonyl (C=O) groups is 1. The number of nitrogens with zero attached hydrogens (tertiary/aromatic N) is 4. The molecule has 32 heavy (non-hydrogen) atoms. The van der Waals surface area contributed by atoms with E-state index in [4.69, 9.17) is 0 Å². The molecule has 2 saturated heterocycles. The number of aryl methyl sites for hydroxylation is 1. The van der Waals surface area contributed by atoms with Crippen LogP contribution in [0.2, 0.25) is 0 Å². The number of hydrogen-bond acceptors (Lipinski definition) is 5. The third-order valence-corrected chi connectivity index (χ3v) is 7.00. The molecule has 0 spiro atoms. The molecule has 0 saturated carbocycles. The highest BCUT2D eigenvalue weighted by Crippen LogP contribution is 2.32. The third-order valence-electron chi connectivity index (χ3n) is 7.00. The fourth-order valence-corrected chi connectivity index (χ4v) is 5.10. The Morgan fingerprint density at radius 3 is 2.91 bits per heavy atom. The van der Waals surface area contributed by atoms with Gasteiger partial charge in [0.1, 0.15) is 5.82 Å². The second-order valence-corrected chi connectivity index (χ2v) is 9.30. The summed E-state index contributed by atoms with van der Waals surface area (Å²) in [6.07, 6.45) is 12.5. The third kappa shape index (κ3) is 4.71. The highest BCUT2D eigenvalue weighted by Gasteiger charge is 2.24. The lowest BCUT2D eigenvalue weighted by atomic mass is 9.93. The molecule has 5 heterocycles. The summed E-state index contributed by atoms with van der Waals surface area (Å²) in [5.74, 6) is 1.19. The van der Waals surface area contributed by atoms with Crippen molar-refractivity contribution in [1.82, 2.24) is 30.0 Å². The number of amides is 1. The Hall–Kier alpha value is -2.71. The zero-order valence-electron chi connectivity index (χ0n) is 18.8. The summed E-state index contributed by atoms with van der Waals surface area (Å²) in [7, 11) is 2.17. The van der Waals surface area contributed by atoms with Crippen molar-refractivity contribution in [2.75, 3.05) is 32.0 Å². The van der Waals surface area contributed by atoms with Crippen molar-refractivity contribution in [2.24, 2.45) is 5.92 Å². The van der Waals surface area contributed by atoms with E-state index in [1.165, 1.54) is 37.8 Å². The molecular weight excluding hydrogens is 402 g/mol. The first-order valence-corrected chi connectivity index (χ1v) is 11.9. The highest BCUT2D eigenvalue weighted by molar-refractivity contribution is 6.04. The van der Waals surface area contributed by atoms with Gasteiger partial charge in [-0.25, -0.2) is 4.98 Å². The molecule has 1 amide bonds. The van der Waals surface area contributed by atoms with E-state index in [1.807, 2.05) is 23.1 Å². The molecule has 2 aliphatic rings. The van der Waals surface area contributed by atoms with Crippen LogP contribution in [-0.4, -0.2) is 57.2 Å². The Morgan fingerprint density at radius 2 is 2.09 bits per heavy atom. The smallest absolute Gasteiger partial charge is 0.260 e. The van der Waals surface area contributed by atoms with E-state index in [-0.39, 0.29) is 5.91 Å². The average molecular weight is 436 g/mol. The number of piperidine rings is 1. The van der Waals surface area contributed by atoms with Gasteiger partial charge in [0.25, 0.3) is 5.91 Å². The molecule has 0 radical (unpaired) electrons. The minimum Gasteiger partial charge on any atom is -0.357 e. The number of carbonyl (C=O) groups excluding carboxylic acids is 1. The number of anilines is 1. The quantitative estimate of drug-likeness (QED) is 0.528. The van der Waals surface area contributed by atoms with Gasteiger partial charge in [-0.2, -0.15) is 5.10 Å². The molecule has 0 aliphatic carbocycles. The molecule has 0 aromatic carbocycles. The lowest BCUT2D eigenvalue weighted by Gasteiger charge is -2.22. The van der Waals surface area contributed by atoms with E-state index in [0.29, 0.717) is 17.4 Å². The van der Waals surface area contributed by atoms with Gasteiger partial charge in [-0.1, -0.05) is 0 Å². The largest absolute Gasteiger partial charge is 0.357 e. The summed E-state index contributed by atoms with van der Waals surface area (Å²) in [4.78, 5) is 23.1. The number of aromatic nitrogens is 4. The van der Waals surface area contributed by atoms with E-state index in [2.05, 4.69) is 43.7 Å². The van der Waals surface area contributed by atoms with E-state index in [9.17, 15) is 4.79 Å². The summed E-state index contributed by atoms with van der Waals surface area (Å²) in [5, 5.41) is 11.8. The van der Waals surface area contributed by atoms with E-state index in [1.54, 1.807) is 6.20 Å². The number of likely N-dealkylation sites (tertiary alicyclic amines) is 1. The Labute approximate surface area is 188 Å². The molecule has 3 N–H and O–H groups in total. The van der Waals surface area contributed by atoms with Crippen molar-refractivity contribution in [2.45, 2.75) is 51.1 Å². The molecule has 0 unspecified atom stereocenters. The topological polar surface area (TPSA) is 90.9 Å². The summed E-state index contributed by atoms with van der Waals surface area (Å²) in [6.45, 7) is 4.25. The van der Waals surface area contributed by atoms with Crippen LogP contribution in [0.4, 0.5) is 5.82 Å². The maximum absolute atomic E-state index is 12.7. The molecule has 8 nitrogen and oxygen atoms in total. The van der Waals surface area contributed by atoms with Gasteiger partial charge < -0.3 is 15.6 Å². The number of H-pyrrole nitrogens is 1. The van der Waals surface area contributed by atoms with Crippen molar-refractivity contribution in [3.63, 3.8) is 0 Å². The molecule has 170 valence electrons. The summed E-state index contributed by atoms with van der Waals surface area (Å²) >= 11 is 0. The Balaban J connectivity index is 1.18. The zero-order valence-corrected chi connectivity index (χ0v) is 18.8. The summed E-state index contributed by atoms with van der Waals surface area (Å²) < 4.78 is 1.88. The molecule has 3 aromatic heterocycles. The monoisotopic (exact) mass is 435 g/mol. The van der Waals surface area contributed by atoms with Crippen LogP contribution in [0.5, 0.6) is 0 Å². The standard InChI is InChI=1S/C24H33N7O/c1-30-10-3-5-22(30)21-12-18-14-26-23(13-20(18)28-21)29-24(32)19-15-27-31(16-19)11-2-4-17-6-8-25-9-7-17/h12-17,22,25,28H,2-11H2,1H3,(H,26,29,32)/t22-/m1/s1. The Bertz CT molecular complexity index is 1070. The molecule has 5 rings (SSSR count). The molecule has 2 fully saturated rings. The van der Waals surface area contributed by atoms with Crippen LogP contribution in [0, 0.1) is 5.92 Å². The molecular formula is C24H33N7O. The van der Waals surface area contributed by atoms with Crippen LogP contribution in [-0.2, 0) is 6.54 Å². The van der Waals surface area contributed by atoms with Gasteiger partial charge in [0.2, 0.25) is 0 Å². The normalized spacial score (nSPS) is 20.2. The SMILES string of the molecule is CN1CCC[C@@H]1c1cc2cnc(NC(=O)c3cnn(CCCC4CCNCC4)c3)cc2[nH]1. The first kappa shape index (κ1) is 21.2. The van der Waals surface area contributed by atoms with E-state index >= 15 is 0 Å². The first-order valence-electron chi connectivity index (χ1n) is 11.9. The average Bonchev–Trinajstić information content (AvgIpc) is 3.53. The second kappa shape index (κ2) is 9.42. The molecule has 2 aliphatic heterocycles. The number of pyridine rings is 1. The molecule has 3 aromatic rings. The van der Waals surface area contributed by atoms with Gasteiger partial charge in [-0.15, -0.1) is 0 Å². The predicted octanol–water partition coefficient (Wildman–Crippen LogP) is 3.56. The van der Waals surface area contributed by atoms with Crippen molar-refractivity contribution < 1.29 is 4.79 Å². The van der Waals surface area contributed by atoms with Crippen LogP contribution in [0.3, 0.4) is 0 Å². The van der Waals surface area contributed by atoms with Gasteiger partial charge >= 0.3 is 0 Å². The first-order chi connectivity index (χ1) is 15.7. The Morgan fingerprint density at radius 1 is 1.22 bits per heavy atom. The van der Waals surface area contributed by atoms with Crippen LogP contribution < -0.4 is 10.6 Å². The van der Waals surface area contributed by atoms with Gasteiger partial charge in [0.05, 0.1) is 17.3 Å². The minimum absolute atomic E-state index is 0.177. The van der Waals surface area contributed by atoms with E-state index in [0.717, 1.165) is 49.4 Å². The lowest BCUT2D eigenvalue weighted by molar-refractivity contribution is 0.102. The summed E-state index contributed by atoms with van der Waals surface area (Å²) in [6, 6.07) is 4.52. The fraction of sp³-hybridized carbons (Fsp3) is 0.542. The molecule has 1 atom stereocenters. The second-order valence-electron chi connectivity index (χ2n) is 9.30. The minimum atomic E-state index is -0.177. The van der Waals surface area contributed by atoms with Gasteiger partial charge in [-0.3, -0.25) is 14.4 Å². The van der Waals surface area contributed by atoms with Crippen LogP contribution in [0.15, 0.2) is 30.7 Å². The fourth-order valence-electron chi connectivity index (χ4n) is 5.10. The molecule has 0 bridgehead atoms. The highest BCUT2D eigenvalue weighted by atomic mass is 16.1. The number of aromatic amines is 1. The molecule has 8 heteroatoms. The van der Waals surface area contributed by atoms with Crippen LogP contribution in [0.1, 0.15) is 60.6 Å². The lowest BCUT2D eigenvalue weighted by Crippen LogP contribution is -2.27. The maximum Gasteiger partial charge on any atom is 0.260 e. The van der Waals surface area contributed by atoms with Crippen LogP contribution >= 0.6 is 0 Å². The van der Waals surface area contributed by atoms with Gasteiger partial charge in [0, 0.05) is 42.1 Å². The number of nitrogens with one attached hydrogen (secondary N) is 3. The van der Waals surface area contributed by atoms with Crippen molar-refractivity contribution in [3.8, 4) is 0 Å². The van der Waals surface area contributed by atoms with Gasteiger partial charge in [-0.05, 0) is 77.2 Å².